The molecule has 0 fully saturated rings. The Bertz CT molecular complexity index is 1690. The molecule has 46 heavy (non-hydrogen) atoms. The van der Waals surface area contributed by atoms with Gasteiger partial charge in [-0.05, 0) is 125 Å². The first-order chi connectivity index (χ1) is 21.8. The monoisotopic (exact) mass is 635 g/mol. The summed E-state index contributed by atoms with van der Waals surface area (Å²) in [6, 6.07) is 5.79. The molecule has 0 radical (unpaired) electrons. The number of carbonyl (C=O) groups excluding carboxylic acids is 2. The second-order valence-electron chi connectivity index (χ2n) is 12.9. The molecule has 0 saturated heterocycles. The van der Waals surface area contributed by atoms with Crippen molar-refractivity contribution in [2.75, 3.05) is 26.9 Å². The Hall–Kier alpha value is -3.98. The van der Waals surface area contributed by atoms with Crippen LogP contribution in [-0.4, -0.2) is 49.2 Å². The van der Waals surface area contributed by atoms with Crippen LogP contribution in [0.5, 0.6) is 11.5 Å². The van der Waals surface area contributed by atoms with E-state index in [4.69, 9.17) is 18.9 Å². The normalized spacial score (nSPS) is 15.0. The van der Waals surface area contributed by atoms with Gasteiger partial charge in [-0.1, -0.05) is 6.07 Å². The SMILES string of the molecule is CCOC(=O)[C@@H](OC(C)(C)C)c1c(C)c2c(c(C)c1-c1cc(F)c3c(c1C)CCCO3)CN(C(=O)c1cccc(F)c1OC)CC2. The first kappa shape index (κ1) is 33.4. The number of methoxy groups -OCH3 is 1. The quantitative estimate of drug-likeness (QED) is 0.250. The van der Waals surface area contributed by atoms with Crippen molar-refractivity contribution in [2.45, 2.75) is 86.0 Å². The maximum atomic E-state index is 15.8. The Balaban J connectivity index is 1.75. The summed E-state index contributed by atoms with van der Waals surface area (Å²) in [5, 5.41) is 0. The second-order valence-corrected chi connectivity index (χ2v) is 12.9. The van der Waals surface area contributed by atoms with Crippen molar-refractivity contribution in [1.82, 2.24) is 4.90 Å². The number of hydrogen-bond acceptors (Lipinski definition) is 6. The lowest BCUT2D eigenvalue weighted by Crippen LogP contribution is -2.38. The van der Waals surface area contributed by atoms with Gasteiger partial charge in [0.05, 0.1) is 31.5 Å². The zero-order chi connectivity index (χ0) is 33.5. The van der Waals surface area contributed by atoms with Crippen molar-refractivity contribution in [3.63, 3.8) is 0 Å². The van der Waals surface area contributed by atoms with E-state index in [9.17, 15) is 14.0 Å². The minimum Gasteiger partial charge on any atom is -0.493 e. The van der Waals surface area contributed by atoms with Crippen LogP contribution in [0.1, 0.15) is 89.5 Å². The summed E-state index contributed by atoms with van der Waals surface area (Å²) in [6.45, 7) is 14.5. The van der Waals surface area contributed by atoms with Crippen molar-refractivity contribution in [1.29, 1.82) is 0 Å². The van der Waals surface area contributed by atoms with Gasteiger partial charge in [0.1, 0.15) is 0 Å². The Morgan fingerprint density at radius 2 is 1.74 bits per heavy atom. The van der Waals surface area contributed by atoms with Crippen LogP contribution in [-0.2, 0) is 33.7 Å². The lowest BCUT2D eigenvalue weighted by molar-refractivity contribution is -0.166. The summed E-state index contributed by atoms with van der Waals surface area (Å²) in [7, 11) is 1.34. The Labute approximate surface area is 269 Å². The number of benzene rings is 3. The molecule has 246 valence electrons. The molecule has 2 aliphatic rings. The van der Waals surface area contributed by atoms with Crippen LogP contribution in [0.3, 0.4) is 0 Å². The van der Waals surface area contributed by atoms with Gasteiger partial charge in [0.25, 0.3) is 5.91 Å². The number of esters is 1. The minimum absolute atomic E-state index is 0.0961. The van der Waals surface area contributed by atoms with Crippen LogP contribution in [0.15, 0.2) is 24.3 Å². The summed E-state index contributed by atoms with van der Waals surface area (Å²) >= 11 is 0. The highest BCUT2D eigenvalue weighted by atomic mass is 19.1. The third-order valence-corrected chi connectivity index (χ3v) is 8.93. The van der Waals surface area contributed by atoms with Crippen molar-refractivity contribution < 1.29 is 37.3 Å². The number of hydrogen-bond donors (Lipinski definition) is 0. The van der Waals surface area contributed by atoms with Crippen LogP contribution in [0.2, 0.25) is 0 Å². The van der Waals surface area contributed by atoms with E-state index in [0.29, 0.717) is 42.7 Å². The summed E-state index contributed by atoms with van der Waals surface area (Å²) in [4.78, 5) is 29.1. The van der Waals surface area contributed by atoms with E-state index in [0.717, 1.165) is 39.8 Å². The van der Waals surface area contributed by atoms with E-state index >= 15 is 4.39 Å². The largest absolute Gasteiger partial charge is 0.493 e. The lowest BCUT2D eigenvalue weighted by Gasteiger charge is -2.36. The van der Waals surface area contributed by atoms with Crippen LogP contribution >= 0.6 is 0 Å². The van der Waals surface area contributed by atoms with Crippen molar-refractivity contribution in [2.24, 2.45) is 0 Å². The molecular formula is C37H43F2NO6. The topological polar surface area (TPSA) is 74.3 Å². The van der Waals surface area contributed by atoms with Gasteiger partial charge in [-0.3, -0.25) is 4.79 Å². The highest BCUT2D eigenvalue weighted by Gasteiger charge is 2.37. The molecule has 7 nitrogen and oxygen atoms in total. The molecule has 2 heterocycles. The number of ether oxygens (including phenoxy) is 4. The zero-order valence-corrected chi connectivity index (χ0v) is 28.0. The van der Waals surface area contributed by atoms with E-state index < -0.39 is 29.3 Å². The van der Waals surface area contributed by atoms with Crippen LogP contribution in [0.25, 0.3) is 11.1 Å². The number of nitrogens with zero attached hydrogens (tertiary/aromatic N) is 1. The van der Waals surface area contributed by atoms with Gasteiger partial charge in [-0.2, -0.15) is 0 Å². The second kappa shape index (κ2) is 13.0. The number of amides is 1. The van der Waals surface area contributed by atoms with Gasteiger partial charge in [0.2, 0.25) is 0 Å². The smallest absolute Gasteiger partial charge is 0.339 e. The Morgan fingerprint density at radius 1 is 1.00 bits per heavy atom. The van der Waals surface area contributed by atoms with Crippen LogP contribution in [0, 0.1) is 32.4 Å². The molecule has 0 aromatic heterocycles. The van der Waals surface area contributed by atoms with Gasteiger partial charge in [0.15, 0.2) is 29.2 Å². The molecule has 0 spiro atoms. The first-order valence-corrected chi connectivity index (χ1v) is 15.8. The van der Waals surface area contributed by atoms with E-state index in [1.54, 1.807) is 17.9 Å². The zero-order valence-electron chi connectivity index (χ0n) is 28.0. The molecule has 1 amide bonds. The molecule has 1 atom stereocenters. The van der Waals surface area contributed by atoms with Crippen molar-refractivity contribution in [3.05, 3.63) is 80.4 Å². The highest BCUT2D eigenvalue weighted by Crippen LogP contribution is 2.46. The fourth-order valence-electron chi connectivity index (χ4n) is 6.84. The molecule has 0 aliphatic carbocycles. The molecule has 0 bridgehead atoms. The third kappa shape index (κ3) is 6.09. The fourth-order valence-corrected chi connectivity index (χ4v) is 6.84. The van der Waals surface area contributed by atoms with Crippen LogP contribution < -0.4 is 9.47 Å². The van der Waals surface area contributed by atoms with Gasteiger partial charge >= 0.3 is 5.97 Å². The molecule has 2 aliphatic heterocycles. The highest BCUT2D eigenvalue weighted by molar-refractivity contribution is 5.97. The average molecular weight is 636 g/mol. The van der Waals surface area contributed by atoms with E-state index in [-0.39, 0.29) is 36.1 Å². The summed E-state index contributed by atoms with van der Waals surface area (Å²) in [5.74, 6) is -1.76. The molecule has 3 aromatic carbocycles. The van der Waals surface area contributed by atoms with Gasteiger partial charge < -0.3 is 23.8 Å². The number of carbonyl (C=O) groups is 2. The standard InChI is InChI=1S/C37H43F2NO6/c1-9-44-36(42)34(46-37(5,6)7)31-21(3)23-15-16-40(35(41)25-12-10-14-28(38)32(25)43-8)19-27(23)22(4)30(31)26-18-29(39)33-24(20(26)2)13-11-17-45-33/h10,12,14,18,34H,9,11,13,15-17,19H2,1-8H3/t34-/m0/s1. The van der Waals surface area contributed by atoms with Crippen molar-refractivity contribution in [3.8, 4) is 22.6 Å². The Morgan fingerprint density at radius 3 is 2.41 bits per heavy atom. The third-order valence-electron chi connectivity index (χ3n) is 8.93. The molecule has 0 saturated carbocycles. The molecule has 3 aromatic rings. The predicted octanol–water partition coefficient (Wildman–Crippen LogP) is 7.51. The molecular weight excluding hydrogens is 592 g/mol. The Kier molecular flexibility index (Phi) is 9.45. The number of fused-ring (bicyclic) bond motifs is 2. The van der Waals surface area contributed by atoms with Gasteiger partial charge in [-0.15, -0.1) is 0 Å². The average Bonchev–Trinajstić information content (AvgIpc) is 3.02. The van der Waals surface area contributed by atoms with E-state index in [1.165, 1.54) is 25.3 Å². The number of para-hydroxylation sites is 1. The van der Waals surface area contributed by atoms with E-state index in [1.807, 2.05) is 41.5 Å². The number of halogens is 2. The maximum Gasteiger partial charge on any atom is 0.339 e. The van der Waals surface area contributed by atoms with E-state index in [2.05, 4.69) is 0 Å². The fraction of sp³-hybridized carbons (Fsp3) is 0.459. The maximum absolute atomic E-state index is 15.8. The minimum atomic E-state index is -1.08. The molecule has 0 unspecified atom stereocenters. The number of rotatable bonds is 7. The van der Waals surface area contributed by atoms with Gasteiger partial charge in [0, 0.05) is 24.2 Å². The molecule has 9 heteroatoms. The molecule has 0 N–H and O–H groups in total. The predicted molar refractivity (Wildman–Crippen MR) is 171 cm³/mol. The lowest BCUT2D eigenvalue weighted by atomic mass is 9.78. The molecule has 5 rings (SSSR count). The van der Waals surface area contributed by atoms with Crippen LogP contribution in [0.4, 0.5) is 8.78 Å². The summed E-state index contributed by atoms with van der Waals surface area (Å²) in [5.41, 5.74) is 6.61. The summed E-state index contributed by atoms with van der Waals surface area (Å²) < 4.78 is 53.3. The van der Waals surface area contributed by atoms with Gasteiger partial charge in [-0.25, -0.2) is 13.6 Å². The first-order valence-electron chi connectivity index (χ1n) is 15.8. The summed E-state index contributed by atoms with van der Waals surface area (Å²) in [6.07, 6.45) is 0.854. The van der Waals surface area contributed by atoms with Crippen molar-refractivity contribution >= 4 is 11.9 Å².